The van der Waals surface area contributed by atoms with E-state index in [4.69, 9.17) is 23.2 Å². The predicted molar refractivity (Wildman–Crippen MR) is 144 cm³/mol. The third-order valence-corrected chi connectivity index (χ3v) is 8.98. The van der Waals surface area contributed by atoms with Crippen LogP contribution in [-0.2, 0) is 27.8 Å². The monoisotopic (exact) mass is 563 g/mol. The summed E-state index contributed by atoms with van der Waals surface area (Å²) in [5.41, 5.74) is 1.77. The average Bonchev–Trinajstić information content (AvgIpc) is 2.89. The van der Waals surface area contributed by atoms with Gasteiger partial charge in [0.1, 0.15) is 10.7 Å². The van der Waals surface area contributed by atoms with Crippen molar-refractivity contribution in [3.05, 3.63) is 99.8 Å². The molecule has 0 unspecified atom stereocenters. The topological polar surface area (TPSA) is 60.9 Å². The first-order chi connectivity index (χ1) is 17.7. The Bertz CT molecular complexity index is 1320. The van der Waals surface area contributed by atoms with Crippen molar-refractivity contribution in [2.45, 2.75) is 17.9 Å². The highest BCUT2D eigenvalue weighted by molar-refractivity contribution is 7.89. The number of piperazine rings is 1. The van der Waals surface area contributed by atoms with Gasteiger partial charge in [0.15, 0.2) is 0 Å². The van der Waals surface area contributed by atoms with Crippen LogP contribution in [0.5, 0.6) is 0 Å². The molecule has 0 radical (unpaired) electrons. The molecule has 1 aliphatic rings. The van der Waals surface area contributed by atoms with Crippen LogP contribution >= 0.6 is 23.2 Å². The minimum Gasteiger partial charge on any atom is -0.337 e. The Labute approximate surface area is 227 Å². The molecule has 3 aromatic rings. The van der Waals surface area contributed by atoms with Gasteiger partial charge < -0.3 is 4.90 Å². The number of rotatable bonds is 9. The Morgan fingerprint density at radius 3 is 2.24 bits per heavy atom. The Morgan fingerprint density at radius 2 is 1.57 bits per heavy atom. The lowest BCUT2D eigenvalue weighted by atomic mass is 10.1. The van der Waals surface area contributed by atoms with Crippen molar-refractivity contribution in [2.24, 2.45) is 0 Å². The summed E-state index contributed by atoms with van der Waals surface area (Å²) in [4.78, 5) is 17.1. The zero-order valence-corrected chi connectivity index (χ0v) is 22.5. The lowest BCUT2D eigenvalue weighted by Gasteiger charge is -2.35. The molecule has 1 fully saturated rings. The van der Waals surface area contributed by atoms with E-state index in [1.807, 2.05) is 30.3 Å². The van der Waals surface area contributed by atoms with Crippen LogP contribution in [0.4, 0.5) is 4.39 Å². The van der Waals surface area contributed by atoms with Crippen LogP contribution in [0.25, 0.3) is 0 Å². The normalized spacial score (nSPS) is 15.0. The summed E-state index contributed by atoms with van der Waals surface area (Å²) in [6.45, 7) is 3.09. The zero-order chi connectivity index (χ0) is 26.4. The molecule has 0 aliphatic carbocycles. The van der Waals surface area contributed by atoms with Crippen LogP contribution in [0.2, 0.25) is 10.0 Å². The summed E-state index contributed by atoms with van der Waals surface area (Å²) >= 11 is 12.1. The van der Waals surface area contributed by atoms with E-state index >= 15 is 0 Å². The number of hydrogen-bond acceptors (Lipinski definition) is 4. The van der Waals surface area contributed by atoms with E-state index in [0.29, 0.717) is 50.8 Å². The summed E-state index contributed by atoms with van der Waals surface area (Å²) in [6, 6.07) is 20.1. The molecule has 0 saturated carbocycles. The summed E-state index contributed by atoms with van der Waals surface area (Å²) < 4.78 is 41.0. The van der Waals surface area contributed by atoms with Gasteiger partial charge in [-0.1, -0.05) is 65.7 Å². The second-order valence-electron chi connectivity index (χ2n) is 8.92. The van der Waals surface area contributed by atoms with Crippen LogP contribution in [0, 0.1) is 5.82 Å². The molecule has 10 heteroatoms. The van der Waals surface area contributed by atoms with E-state index in [1.54, 1.807) is 23.1 Å². The predicted octanol–water partition coefficient (Wildman–Crippen LogP) is 4.71. The maximum atomic E-state index is 13.4. The quantitative estimate of drug-likeness (QED) is 0.378. The fraction of sp³-hybridized carbons (Fsp3) is 0.296. The van der Waals surface area contributed by atoms with Crippen molar-refractivity contribution in [3.8, 4) is 0 Å². The lowest BCUT2D eigenvalue weighted by molar-refractivity contribution is -0.131. The van der Waals surface area contributed by atoms with Crippen LogP contribution in [0.1, 0.15) is 11.1 Å². The Balaban J connectivity index is 1.38. The van der Waals surface area contributed by atoms with E-state index in [9.17, 15) is 17.6 Å². The average molecular weight is 565 g/mol. The minimum absolute atomic E-state index is 0.00657. The first-order valence-corrected chi connectivity index (χ1v) is 14.2. The van der Waals surface area contributed by atoms with Gasteiger partial charge in [-0.15, -0.1) is 0 Å². The molecule has 1 heterocycles. The van der Waals surface area contributed by atoms with Gasteiger partial charge in [-0.3, -0.25) is 9.69 Å². The molecule has 0 aromatic heterocycles. The summed E-state index contributed by atoms with van der Waals surface area (Å²) in [7, 11) is -3.77. The first-order valence-electron chi connectivity index (χ1n) is 12.0. The molecule has 1 amide bonds. The number of sulfonamides is 1. The maximum Gasteiger partial charge on any atom is 0.244 e. The highest BCUT2D eigenvalue weighted by atomic mass is 35.5. The molecule has 1 saturated heterocycles. The zero-order valence-electron chi connectivity index (χ0n) is 20.2. The van der Waals surface area contributed by atoms with Gasteiger partial charge >= 0.3 is 0 Å². The molecule has 196 valence electrons. The van der Waals surface area contributed by atoms with Gasteiger partial charge in [-0.05, 0) is 41.5 Å². The largest absolute Gasteiger partial charge is 0.337 e. The van der Waals surface area contributed by atoms with E-state index in [1.165, 1.54) is 28.6 Å². The van der Waals surface area contributed by atoms with Crippen molar-refractivity contribution < 1.29 is 17.6 Å². The molecule has 0 spiro atoms. The SMILES string of the molecule is O=C(Cc1ccccc1)N(CCN1CCN(S(=O)(=O)c2cc(Cl)ccc2Cl)CC1)Cc1ccc(F)cc1. The van der Waals surface area contributed by atoms with Crippen molar-refractivity contribution in [3.63, 3.8) is 0 Å². The van der Waals surface area contributed by atoms with E-state index in [-0.39, 0.29) is 28.1 Å². The molecular weight excluding hydrogens is 536 g/mol. The van der Waals surface area contributed by atoms with Gasteiger partial charge in [0.25, 0.3) is 0 Å². The molecule has 0 N–H and O–H groups in total. The van der Waals surface area contributed by atoms with Gasteiger partial charge in [0.05, 0.1) is 11.4 Å². The van der Waals surface area contributed by atoms with Crippen LogP contribution < -0.4 is 0 Å². The van der Waals surface area contributed by atoms with Gasteiger partial charge in [-0.25, -0.2) is 12.8 Å². The second kappa shape index (κ2) is 12.4. The first kappa shape index (κ1) is 27.5. The molecule has 0 bridgehead atoms. The maximum absolute atomic E-state index is 13.4. The standard InChI is InChI=1S/C27H28Cl2FN3O3S/c28-23-8-11-25(29)26(19-23)37(35,36)33-16-13-31(14-17-33)12-15-32(20-22-6-9-24(30)10-7-22)27(34)18-21-4-2-1-3-5-21/h1-11,19H,12-18,20H2. The van der Waals surface area contributed by atoms with Crippen molar-refractivity contribution in [1.29, 1.82) is 0 Å². The van der Waals surface area contributed by atoms with Crippen molar-refractivity contribution in [2.75, 3.05) is 39.3 Å². The number of nitrogens with zero attached hydrogens (tertiary/aromatic N) is 3. The molecule has 1 aliphatic heterocycles. The second-order valence-corrected chi connectivity index (χ2v) is 11.7. The molecular formula is C27H28Cl2FN3O3S. The van der Waals surface area contributed by atoms with Gasteiger partial charge in [0, 0.05) is 50.8 Å². The van der Waals surface area contributed by atoms with E-state index < -0.39 is 10.0 Å². The van der Waals surface area contributed by atoms with Crippen LogP contribution in [0.3, 0.4) is 0 Å². The van der Waals surface area contributed by atoms with Crippen LogP contribution in [-0.4, -0.2) is 67.7 Å². The van der Waals surface area contributed by atoms with E-state index in [2.05, 4.69) is 4.90 Å². The number of amides is 1. The number of carbonyl (C=O) groups excluding carboxylic acids is 1. The number of halogens is 3. The fourth-order valence-electron chi connectivity index (χ4n) is 4.25. The number of benzene rings is 3. The van der Waals surface area contributed by atoms with Crippen LogP contribution in [0.15, 0.2) is 77.7 Å². The minimum atomic E-state index is -3.77. The molecule has 37 heavy (non-hydrogen) atoms. The third-order valence-electron chi connectivity index (χ3n) is 6.37. The Morgan fingerprint density at radius 1 is 0.892 bits per heavy atom. The molecule has 4 rings (SSSR count). The third kappa shape index (κ3) is 7.30. The molecule has 6 nitrogen and oxygen atoms in total. The number of hydrogen-bond donors (Lipinski definition) is 0. The van der Waals surface area contributed by atoms with Gasteiger partial charge in [-0.2, -0.15) is 4.31 Å². The van der Waals surface area contributed by atoms with Crippen molar-refractivity contribution in [1.82, 2.24) is 14.1 Å². The van der Waals surface area contributed by atoms with Crippen molar-refractivity contribution >= 4 is 39.1 Å². The summed E-state index contributed by atoms with van der Waals surface area (Å²) in [5.74, 6) is -0.342. The van der Waals surface area contributed by atoms with E-state index in [0.717, 1.165) is 11.1 Å². The summed E-state index contributed by atoms with van der Waals surface area (Å²) in [6.07, 6.45) is 0.272. The van der Waals surface area contributed by atoms with Gasteiger partial charge in [0.2, 0.25) is 15.9 Å². The smallest absolute Gasteiger partial charge is 0.244 e. The molecule has 3 aromatic carbocycles. The number of carbonyl (C=O) groups is 1. The highest BCUT2D eigenvalue weighted by Crippen LogP contribution is 2.28. The Hall–Kier alpha value is -2.49. The lowest BCUT2D eigenvalue weighted by Crippen LogP contribution is -2.50. The Kier molecular flexibility index (Phi) is 9.21. The summed E-state index contributed by atoms with van der Waals surface area (Å²) in [5, 5.41) is 0.447. The molecule has 0 atom stereocenters. The highest BCUT2D eigenvalue weighted by Gasteiger charge is 2.30. The fourth-order valence-corrected chi connectivity index (χ4v) is 6.41.